The average Bonchev–Trinajstić information content (AvgIpc) is 2.58. The van der Waals surface area contributed by atoms with Gasteiger partial charge in [0.25, 0.3) is 0 Å². The molecule has 24 heavy (non-hydrogen) atoms. The molecule has 2 heterocycles. The molecule has 1 aromatic carbocycles. The minimum absolute atomic E-state index is 0.0688. The van der Waals surface area contributed by atoms with Gasteiger partial charge in [-0.1, -0.05) is 15.9 Å². The number of esters is 1. The molecule has 0 saturated heterocycles. The molecule has 0 saturated carbocycles. The zero-order valence-electron chi connectivity index (χ0n) is 12.6. The van der Waals surface area contributed by atoms with Gasteiger partial charge in [0.1, 0.15) is 17.8 Å². The van der Waals surface area contributed by atoms with Gasteiger partial charge in [-0.05, 0) is 30.3 Å². The lowest BCUT2D eigenvalue weighted by Gasteiger charge is -2.09. The Bertz CT molecular complexity index is 967. The second-order valence-corrected chi connectivity index (χ2v) is 5.78. The van der Waals surface area contributed by atoms with Crippen molar-refractivity contribution in [2.45, 2.75) is 6.61 Å². The number of rotatable bonds is 4. The third-order valence-electron chi connectivity index (χ3n) is 3.34. The normalized spacial score (nSPS) is 10.6. The van der Waals surface area contributed by atoms with Gasteiger partial charge >= 0.3 is 11.6 Å². The average molecular weight is 390 g/mol. The van der Waals surface area contributed by atoms with Gasteiger partial charge in [-0.25, -0.2) is 14.6 Å². The summed E-state index contributed by atoms with van der Waals surface area (Å²) in [6, 6.07) is 9.77. The molecule has 122 valence electrons. The topological polar surface area (TPSA) is 78.6 Å². The van der Waals surface area contributed by atoms with Crippen molar-refractivity contribution in [3.8, 4) is 5.88 Å². The highest BCUT2D eigenvalue weighted by Gasteiger charge is 2.15. The Labute approximate surface area is 145 Å². The molecule has 0 aliphatic carbocycles. The van der Waals surface area contributed by atoms with Crippen LogP contribution in [0.25, 0.3) is 11.0 Å². The number of aromatic nitrogens is 1. The molecule has 0 spiro atoms. The number of halogens is 1. The van der Waals surface area contributed by atoms with Crippen LogP contribution >= 0.6 is 15.9 Å². The third kappa shape index (κ3) is 3.30. The van der Waals surface area contributed by atoms with Crippen LogP contribution in [0.15, 0.2) is 56.3 Å². The predicted octanol–water partition coefficient (Wildman–Crippen LogP) is 3.32. The fourth-order valence-electron chi connectivity index (χ4n) is 2.25. The number of benzene rings is 1. The second kappa shape index (κ2) is 6.84. The van der Waals surface area contributed by atoms with E-state index in [-0.39, 0.29) is 18.1 Å². The lowest BCUT2D eigenvalue weighted by Crippen LogP contribution is -2.09. The predicted molar refractivity (Wildman–Crippen MR) is 90.1 cm³/mol. The first-order chi connectivity index (χ1) is 11.6. The van der Waals surface area contributed by atoms with E-state index in [4.69, 9.17) is 13.9 Å². The van der Waals surface area contributed by atoms with E-state index in [1.54, 1.807) is 24.3 Å². The summed E-state index contributed by atoms with van der Waals surface area (Å²) in [7, 11) is 1.42. The number of methoxy groups -OCH3 is 1. The maximum Gasteiger partial charge on any atom is 0.343 e. The van der Waals surface area contributed by atoms with Crippen molar-refractivity contribution >= 4 is 32.9 Å². The molecule has 6 nitrogen and oxygen atoms in total. The number of pyridine rings is 1. The van der Waals surface area contributed by atoms with Gasteiger partial charge in [0.15, 0.2) is 0 Å². The van der Waals surface area contributed by atoms with Crippen molar-refractivity contribution in [1.29, 1.82) is 0 Å². The van der Waals surface area contributed by atoms with E-state index in [9.17, 15) is 9.59 Å². The highest BCUT2D eigenvalue weighted by molar-refractivity contribution is 9.10. The Hall–Kier alpha value is -2.67. The molecular weight excluding hydrogens is 378 g/mol. The zero-order valence-corrected chi connectivity index (χ0v) is 14.2. The van der Waals surface area contributed by atoms with Gasteiger partial charge in [-0.2, -0.15) is 0 Å². The minimum Gasteiger partial charge on any atom is -0.480 e. The molecule has 7 heteroatoms. The van der Waals surface area contributed by atoms with E-state index in [0.717, 1.165) is 4.47 Å². The molecule has 0 aliphatic rings. The Morgan fingerprint density at radius 3 is 2.92 bits per heavy atom. The lowest BCUT2D eigenvalue weighted by atomic mass is 10.1. The van der Waals surface area contributed by atoms with E-state index in [2.05, 4.69) is 20.9 Å². The highest BCUT2D eigenvalue weighted by Crippen LogP contribution is 2.23. The molecule has 0 radical (unpaired) electrons. The van der Waals surface area contributed by atoms with Crippen LogP contribution < -0.4 is 10.4 Å². The van der Waals surface area contributed by atoms with Gasteiger partial charge in [-0.3, -0.25) is 0 Å². The maximum atomic E-state index is 12.2. The summed E-state index contributed by atoms with van der Waals surface area (Å²) < 4.78 is 16.3. The molecule has 0 N–H and O–H groups in total. The van der Waals surface area contributed by atoms with E-state index in [1.165, 1.54) is 19.4 Å². The number of ether oxygens (including phenoxy) is 2. The summed E-state index contributed by atoms with van der Waals surface area (Å²) >= 11 is 3.32. The number of carbonyl (C=O) groups excluding carboxylic acids is 1. The van der Waals surface area contributed by atoms with Crippen molar-refractivity contribution in [2.75, 3.05) is 7.11 Å². The molecule has 0 unspecified atom stereocenters. The van der Waals surface area contributed by atoms with Crippen LogP contribution in [0, 0.1) is 0 Å². The summed E-state index contributed by atoms with van der Waals surface area (Å²) in [6.45, 7) is -0.0688. The molecule has 2 aromatic heterocycles. The van der Waals surface area contributed by atoms with E-state index < -0.39 is 11.6 Å². The number of fused-ring (bicyclic) bond motifs is 1. The van der Waals surface area contributed by atoms with Crippen LogP contribution in [-0.4, -0.2) is 18.1 Å². The van der Waals surface area contributed by atoms with Gasteiger partial charge in [0, 0.05) is 27.7 Å². The summed E-state index contributed by atoms with van der Waals surface area (Å²) in [5.74, 6) is -0.401. The molecule has 0 fully saturated rings. The van der Waals surface area contributed by atoms with Crippen molar-refractivity contribution in [3.05, 3.63) is 68.6 Å². The lowest BCUT2D eigenvalue weighted by molar-refractivity contribution is 0.0469. The smallest absolute Gasteiger partial charge is 0.343 e. The quantitative estimate of drug-likeness (QED) is 0.503. The van der Waals surface area contributed by atoms with Crippen LogP contribution in [-0.2, 0) is 11.3 Å². The maximum absolute atomic E-state index is 12.2. The van der Waals surface area contributed by atoms with Gasteiger partial charge in [0.2, 0.25) is 5.88 Å². The van der Waals surface area contributed by atoms with Crippen LogP contribution in [0.1, 0.15) is 15.9 Å². The number of nitrogens with zero attached hydrogens (tertiary/aromatic N) is 1. The Morgan fingerprint density at radius 1 is 1.29 bits per heavy atom. The first kappa shape index (κ1) is 16.2. The number of hydrogen-bond donors (Lipinski definition) is 0. The SMILES string of the molecule is COc1ncccc1C(=O)OCc1cc(=O)oc2cc(Br)ccc12. The van der Waals surface area contributed by atoms with Gasteiger partial charge in [-0.15, -0.1) is 0 Å². The van der Waals surface area contributed by atoms with E-state index >= 15 is 0 Å². The second-order valence-electron chi connectivity index (χ2n) is 4.87. The van der Waals surface area contributed by atoms with Crippen LogP contribution in [0.2, 0.25) is 0 Å². The Morgan fingerprint density at radius 2 is 2.12 bits per heavy atom. The van der Waals surface area contributed by atoms with E-state index in [1.807, 2.05) is 6.07 Å². The summed E-state index contributed by atoms with van der Waals surface area (Å²) in [5.41, 5.74) is 0.687. The monoisotopic (exact) mass is 389 g/mol. The Balaban J connectivity index is 1.88. The number of carbonyl (C=O) groups is 1. The van der Waals surface area contributed by atoms with Crippen molar-refractivity contribution in [2.24, 2.45) is 0 Å². The first-order valence-electron chi connectivity index (χ1n) is 6.97. The van der Waals surface area contributed by atoms with Crippen molar-refractivity contribution in [3.63, 3.8) is 0 Å². The molecule has 0 aliphatic heterocycles. The largest absolute Gasteiger partial charge is 0.480 e. The molecular formula is C17H12BrNO5. The van der Waals surface area contributed by atoms with Crippen LogP contribution in [0.3, 0.4) is 0 Å². The zero-order chi connectivity index (χ0) is 17.1. The van der Waals surface area contributed by atoms with Crippen LogP contribution in [0.5, 0.6) is 5.88 Å². The fourth-order valence-corrected chi connectivity index (χ4v) is 2.59. The molecule has 0 amide bonds. The standard InChI is InChI=1S/C17H12BrNO5/c1-22-16-13(3-2-6-19-16)17(21)23-9-10-7-15(20)24-14-8-11(18)4-5-12(10)14/h2-8H,9H2,1H3. The molecule has 3 rings (SSSR count). The van der Waals surface area contributed by atoms with Gasteiger partial charge < -0.3 is 13.9 Å². The van der Waals surface area contributed by atoms with Crippen LogP contribution in [0.4, 0.5) is 0 Å². The highest BCUT2D eigenvalue weighted by atomic mass is 79.9. The summed E-state index contributed by atoms with van der Waals surface area (Å²) in [5, 5.41) is 0.698. The number of hydrogen-bond acceptors (Lipinski definition) is 6. The molecule has 3 aromatic rings. The summed E-state index contributed by atoms with van der Waals surface area (Å²) in [4.78, 5) is 27.9. The third-order valence-corrected chi connectivity index (χ3v) is 3.83. The summed E-state index contributed by atoms with van der Waals surface area (Å²) in [6.07, 6.45) is 1.52. The van der Waals surface area contributed by atoms with Crippen molar-refractivity contribution < 1.29 is 18.7 Å². The minimum atomic E-state index is -0.585. The molecule has 0 bridgehead atoms. The Kier molecular flexibility index (Phi) is 4.61. The van der Waals surface area contributed by atoms with Crippen molar-refractivity contribution in [1.82, 2.24) is 4.98 Å². The first-order valence-corrected chi connectivity index (χ1v) is 7.76. The van der Waals surface area contributed by atoms with E-state index in [0.29, 0.717) is 16.5 Å². The molecule has 0 atom stereocenters. The fraction of sp³-hybridized carbons (Fsp3) is 0.118. The van der Waals surface area contributed by atoms with Gasteiger partial charge in [0.05, 0.1) is 7.11 Å².